The van der Waals surface area contributed by atoms with Crippen LogP contribution < -0.4 is 0 Å². The van der Waals surface area contributed by atoms with Crippen LogP contribution in [0.4, 0.5) is 0 Å². The van der Waals surface area contributed by atoms with Gasteiger partial charge in [-0.05, 0) is 49.0 Å². The molecule has 4 nitrogen and oxygen atoms in total. The van der Waals surface area contributed by atoms with Crippen molar-refractivity contribution in [1.29, 1.82) is 5.26 Å². The van der Waals surface area contributed by atoms with Crippen molar-refractivity contribution in [1.82, 2.24) is 14.5 Å². The van der Waals surface area contributed by atoms with E-state index in [4.69, 9.17) is 12.2 Å². The monoisotopic (exact) mass is 344 g/mol. The van der Waals surface area contributed by atoms with E-state index in [9.17, 15) is 5.26 Å². The molecule has 0 atom stereocenters. The lowest BCUT2D eigenvalue weighted by Crippen LogP contribution is -1.99. The van der Waals surface area contributed by atoms with Gasteiger partial charge in [0.25, 0.3) is 0 Å². The fourth-order valence-electron chi connectivity index (χ4n) is 2.11. The molecule has 0 aliphatic rings. The predicted octanol–water partition coefficient (Wildman–Crippen LogP) is 4.03. The van der Waals surface area contributed by atoms with Crippen LogP contribution in [0.3, 0.4) is 0 Å². The van der Waals surface area contributed by atoms with Gasteiger partial charge in [0.05, 0.1) is 16.8 Å². The summed E-state index contributed by atoms with van der Waals surface area (Å²) in [7, 11) is 0. The molecule has 0 saturated carbocycles. The van der Waals surface area contributed by atoms with Gasteiger partial charge in [-0.25, -0.2) is 4.98 Å². The molecule has 0 bridgehead atoms. The molecule has 98 valence electrons. The van der Waals surface area contributed by atoms with E-state index in [1.54, 1.807) is 16.8 Å². The van der Waals surface area contributed by atoms with Gasteiger partial charge in [-0.15, -0.1) is 0 Å². The summed E-state index contributed by atoms with van der Waals surface area (Å²) in [4.78, 5) is 7.55. The first-order valence-electron chi connectivity index (χ1n) is 5.87. The maximum atomic E-state index is 9.27. The average molecular weight is 345 g/mol. The van der Waals surface area contributed by atoms with Crippen LogP contribution in [0.1, 0.15) is 11.1 Å². The van der Waals surface area contributed by atoms with Crippen molar-refractivity contribution in [2.75, 3.05) is 0 Å². The number of nitrogens with zero attached hydrogens (tertiary/aromatic N) is 3. The summed E-state index contributed by atoms with van der Waals surface area (Å²) in [5.74, 6) is 0. The molecule has 0 aliphatic heterocycles. The lowest BCUT2D eigenvalue weighted by atomic mass is 10.2. The Bertz CT molecular complexity index is 917. The van der Waals surface area contributed by atoms with Gasteiger partial charge in [0.15, 0.2) is 10.4 Å². The maximum absolute atomic E-state index is 9.27. The quantitative estimate of drug-likeness (QED) is 0.678. The minimum Gasteiger partial charge on any atom is -0.329 e. The van der Waals surface area contributed by atoms with E-state index in [0.717, 1.165) is 26.9 Å². The first-order valence-corrected chi connectivity index (χ1v) is 7.07. The second-order valence-electron chi connectivity index (χ2n) is 4.42. The van der Waals surface area contributed by atoms with Crippen molar-refractivity contribution in [3.05, 3.63) is 50.8 Å². The molecule has 0 spiro atoms. The molecular weight excluding hydrogens is 336 g/mol. The molecule has 3 rings (SSSR count). The third kappa shape index (κ3) is 2.05. The highest BCUT2D eigenvalue weighted by atomic mass is 79.9. The van der Waals surface area contributed by atoms with Crippen molar-refractivity contribution in [2.24, 2.45) is 0 Å². The summed E-state index contributed by atoms with van der Waals surface area (Å²) in [5.41, 5.74) is 3.90. The molecule has 2 heterocycles. The number of aromatic nitrogens is 3. The number of nitriles is 1. The highest BCUT2D eigenvalue weighted by Crippen LogP contribution is 2.24. The first-order chi connectivity index (χ1) is 9.60. The molecule has 1 N–H and O–H groups in total. The van der Waals surface area contributed by atoms with E-state index in [2.05, 4.69) is 32.0 Å². The zero-order valence-electron chi connectivity index (χ0n) is 10.5. The molecule has 20 heavy (non-hydrogen) atoms. The normalized spacial score (nSPS) is 10.7. The molecule has 0 saturated heterocycles. The molecule has 0 amide bonds. The third-order valence-electron chi connectivity index (χ3n) is 2.98. The van der Waals surface area contributed by atoms with E-state index in [1.807, 2.05) is 25.1 Å². The number of aryl methyl sites for hydroxylation is 1. The minimum absolute atomic E-state index is 0.521. The van der Waals surface area contributed by atoms with Crippen LogP contribution >= 0.6 is 28.1 Å². The maximum Gasteiger partial charge on any atom is 0.184 e. The number of halogens is 1. The molecule has 6 heteroatoms. The fraction of sp³-hybridized carbons (Fsp3) is 0.0714. The number of fused-ring (bicyclic) bond motifs is 1. The number of nitrogens with one attached hydrogen (secondary N) is 1. The third-order valence-corrected chi connectivity index (χ3v) is 3.76. The lowest BCUT2D eigenvalue weighted by molar-refractivity contribution is 1.04. The Morgan fingerprint density at radius 1 is 1.40 bits per heavy atom. The number of benzene rings is 1. The standard InChI is InChI=1S/C14H9BrN4S/c1-8-4-11-13(17-7-8)19(14(20)18-11)12-5-10(15)3-2-9(12)6-16/h2-5,7H,1H3,(H,18,20). The number of pyridine rings is 1. The summed E-state index contributed by atoms with van der Waals surface area (Å²) in [6, 6.07) is 9.62. The van der Waals surface area contributed by atoms with Crippen LogP contribution in [-0.4, -0.2) is 14.5 Å². The summed E-state index contributed by atoms with van der Waals surface area (Å²) in [6.07, 6.45) is 1.78. The summed E-state index contributed by atoms with van der Waals surface area (Å²) in [5, 5.41) is 9.27. The van der Waals surface area contributed by atoms with Gasteiger partial charge in [-0.3, -0.25) is 4.57 Å². The topological polar surface area (TPSA) is 57.4 Å². The van der Waals surface area contributed by atoms with Crippen LogP contribution in [0.5, 0.6) is 0 Å². The van der Waals surface area contributed by atoms with Gasteiger partial charge < -0.3 is 4.98 Å². The number of hydrogen-bond acceptors (Lipinski definition) is 3. The van der Waals surface area contributed by atoms with Crippen molar-refractivity contribution in [3.63, 3.8) is 0 Å². The van der Waals surface area contributed by atoms with Crippen LogP contribution in [0, 0.1) is 23.0 Å². The van der Waals surface area contributed by atoms with Crippen LogP contribution in [0.25, 0.3) is 16.9 Å². The zero-order chi connectivity index (χ0) is 14.3. The number of rotatable bonds is 1. The van der Waals surface area contributed by atoms with Gasteiger partial charge in [0.1, 0.15) is 6.07 Å². The molecule has 0 fully saturated rings. The van der Waals surface area contributed by atoms with Crippen LogP contribution in [-0.2, 0) is 0 Å². The molecule has 2 aromatic heterocycles. The largest absolute Gasteiger partial charge is 0.329 e. The Morgan fingerprint density at radius 2 is 2.20 bits per heavy atom. The predicted molar refractivity (Wildman–Crippen MR) is 83.4 cm³/mol. The van der Waals surface area contributed by atoms with Crippen molar-refractivity contribution in [3.8, 4) is 11.8 Å². The van der Waals surface area contributed by atoms with E-state index in [1.165, 1.54) is 0 Å². The summed E-state index contributed by atoms with van der Waals surface area (Å²) >= 11 is 8.80. The molecular formula is C14H9BrN4S. The number of imidazole rings is 1. The van der Waals surface area contributed by atoms with Gasteiger partial charge in [0, 0.05) is 10.7 Å². The second-order valence-corrected chi connectivity index (χ2v) is 5.73. The van der Waals surface area contributed by atoms with E-state index in [-0.39, 0.29) is 0 Å². The van der Waals surface area contributed by atoms with Gasteiger partial charge in [-0.2, -0.15) is 5.26 Å². The molecule has 0 aliphatic carbocycles. The molecule has 3 aromatic rings. The first kappa shape index (κ1) is 13.0. The minimum atomic E-state index is 0.521. The zero-order valence-corrected chi connectivity index (χ0v) is 12.9. The molecule has 0 radical (unpaired) electrons. The smallest absolute Gasteiger partial charge is 0.184 e. The van der Waals surface area contributed by atoms with Gasteiger partial charge >= 0.3 is 0 Å². The Morgan fingerprint density at radius 3 is 2.95 bits per heavy atom. The average Bonchev–Trinajstić information content (AvgIpc) is 2.73. The highest BCUT2D eigenvalue weighted by molar-refractivity contribution is 9.10. The lowest BCUT2D eigenvalue weighted by Gasteiger charge is -2.07. The summed E-state index contributed by atoms with van der Waals surface area (Å²) < 4.78 is 3.19. The number of hydrogen-bond donors (Lipinski definition) is 1. The van der Waals surface area contributed by atoms with Crippen molar-refractivity contribution >= 4 is 39.3 Å². The highest BCUT2D eigenvalue weighted by Gasteiger charge is 2.12. The Balaban J connectivity index is 2.41. The Kier molecular flexibility index (Phi) is 3.16. The molecule has 0 unspecified atom stereocenters. The second kappa shape index (κ2) is 4.85. The van der Waals surface area contributed by atoms with Crippen molar-refractivity contribution < 1.29 is 0 Å². The Hall–Kier alpha value is -1.97. The molecule has 1 aromatic carbocycles. The van der Waals surface area contributed by atoms with Gasteiger partial charge in [0.2, 0.25) is 0 Å². The van der Waals surface area contributed by atoms with Crippen LogP contribution in [0.15, 0.2) is 34.9 Å². The van der Waals surface area contributed by atoms with E-state index < -0.39 is 0 Å². The number of aromatic amines is 1. The van der Waals surface area contributed by atoms with E-state index >= 15 is 0 Å². The fourth-order valence-corrected chi connectivity index (χ4v) is 2.75. The number of H-pyrrole nitrogens is 1. The summed E-state index contributed by atoms with van der Waals surface area (Å²) in [6.45, 7) is 1.97. The van der Waals surface area contributed by atoms with Crippen LogP contribution in [0.2, 0.25) is 0 Å². The van der Waals surface area contributed by atoms with Crippen molar-refractivity contribution in [2.45, 2.75) is 6.92 Å². The van der Waals surface area contributed by atoms with E-state index in [0.29, 0.717) is 10.3 Å². The Labute approximate surface area is 128 Å². The SMILES string of the molecule is Cc1cnc2c(c1)[nH]c(=S)n2-c1cc(Br)ccc1C#N. The van der Waals surface area contributed by atoms with Gasteiger partial charge in [-0.1, -0.05) is 15.9 Å².